The van der Waals surface area contributed by atoms with Gasteiger partial charge in [0.1, 0.15) is 17.3 Å². The molecule has 1 aromatic carbocycles. The van der Waals surface area contributed by atoms with Gasteiger partial charge in [0.2, 0.25) is 0 Å². The van der Waals surface area contributed by atoms with Crippen molar-refractivity contribution >= 4 is 17.4 Å². The van der Waals surface area contributed by atoms with Gasteiger partial charge < -0.3 is 25.2 Å². The lowest BCUT2D eigenvalue weighted by molar-refractivity contribution is 0.277. The predicted octanol–water partition coefficient (Wildman–Crippen LogP) is 5.05. The Balaban J connectivity index is 0.000000420. The first-order valence-electron chi connectivity index (χ1n) is 12.1. The van der Waals surface area contributed by atoms with E-state index in [-0.39, 0.29) is 0 Å². The van der Waals surface area contributed by atoms with E-state index in [0.29, 0.717) is 46.0 Å². The molecule has 190 valence electrons. The molecule has 1 aliphatic rings. The van der Waals surface area contributed by atoms with E-state index in [9.17, 15) is 0 Å². The Labute approximate surface area is 213 Å². The Morgan fingerprint density at radius 2 is 1.89 bits per heavy atom. The maximum Gasteiger partial charge on any atom is 0.163 e. The molecule has 1 fully saturated rings. The number of rotatable bonds is 7. The fraction of sp³-hybridized carbons (Fsp3) is 0.500. The molecule has 0 aliphatic carbocycles. The molecule has 0 bridgehead atoms. The van der Waals surface area contributed by atoms with E-state index < -0.39 is 0 Å². The first kappa shape index (κ1) is 26.9. The van der Waals surface area contributed by atoms with Crippen LogP contribution in [0.3, 0.4) is 0 Å². The van der Waals surface area contributed by atoms with Gasteiger partial charge in [0.25, 0.3) is 0 Å². The van der Waals surface area contributed by atoms with Gasteiger partial charge in [-0.05, 0) is 92.0 Å². The van der Waals surface area contributed by atoms with E-state index in [4.69, 9.17) is 31.6 Å². The van der Waals surface area contributed by atoms with Crippen LogP contribution in [0.4, 0.5) is 5.82 Å². The third-order valence-electron chi connectivity index (χ3n) is 6.05. The van der Waals surface area contributed by atoms with Crippen LogP contribution in [-0.4, -0.2) is 60.4 Å². The number of aryl methyl sites for hydroxylation is 2. The number of nitrogen functional groups attached to an aromatic ring is 1. The molecule has 1 aliphatic heterocycles. The number of nitrogens with one attached hydrogen (secondary N) is 1. The molecule has 3 heterocycles. The summed E-state index contributed by atoms with van der Waals surface area (Å²) < 4.78 is 11.1. The minimum absolute atomic E-state index is 0.386. The molecule has 0 radical (unpaired) electrons. The molecule has 8 nitrogen and oxygen atoms in total. The third kappa shape index (κ3) is 7.16. The fourth-order valence-electron chi connectivity index (χ4n) is 3.98. The molecule has 2 aromatic heterocycles. The van der Waals surface area contributed by atoms with Crippen LogP contribution in [0, 0.1) is 20.8 Å². The number of anilines is 1. The largest absolute Gasteiger partial charge is 0.494 e. The van der Waals surface area contributed by atoms with Gasteiger partial charge in [0, 0.05) is 11.1 Å². The molecule has 0 spiro atoms. The third-order valence-corrected chi connectivity index (χ3v) is 6.38. The molecule has 4 rings (SSSR count). The van der Waals surface area contributed by atoms with E-state index in [2.05, 4.69) is 27.4 Å². The van der Waals surface area contributed by atoms with Crippen LogP contribution in [0.25, 0.3) is 22.6 Å². The van der Waals surface area contributed by atoms with Crippen LogP contribution in [0.15, 0.2) is 22.7 Å². The van der Waals surface area contributed by atoms with E-state index in [1.165, 1.54) is 32.4 Å². The normalized spacial score (nSPS) is 13.9. The lowest BCUT2D eigenvalue weighted by Crippen LogP contribution is -2.24. The number of hydrogen-bond acceptors (Lipinski definition) is 8. The number of nitrogens with two attached hydrogens (primary N) is 1. The highest BCUT2D eigenvalue weighted by atomic mass is 35.5. The maximum absolute atomic E-state index is 6.43. The summed E-state index contributed by atoms with van der Waals surface area (Å²) in [6.45, 7) is 9.72. The molecular formula is C26H37ClN6O2. The van der Waals surface area contributed by atoms with Crippen molar-refractivity contribution in [2.24, 2.45) is 0 Å². The van der Waals surface area contributed by atoms with Crippen LogP contribution >= 0.6 is 11.6 Å². The average molecular weight is 501 g/mol. The number of likely N-dealkylation sites (tertiary alicyclic amines) is 1. The summed E-state index contributed by atoms with van der Waals surface area (Å²) >= 11 is 6.43. The van der Waals surface area contributed by atoms with Crippen LogP contribution in [0.5, 0.6) is 5.75 Å². The smallest absolute Gasteiger partial charge is 0.163 e. The van der Waals surface area contributed by atoms with Crippen molar-refractivity contribution in [2.75, 3.05) is 46.1 Å². The SMILES string of the molecule is CN1CCCCC1.CNCCCOc1ccc(Cl)c(-c2nc(N)c(C)c(-c3c(C)noc3C)n2)c1. The van der Waals surface area contributed by atoms with Gasteiger partial charge in [0.05, 0.1) is 28.6 Å². The zero-order valence-electron chi connectivity index (χ0n) is 21.4. The molecule has 3 aromatic rings. The van der Waals surface area contributed by atoms with E-state index in [1.807, 2.05) is 40.0 Å². The number of halogens is 1. The second-order valence-corrected chi connectivity index (χ2v) is 9.32. The van der Waals surface area contributed by atoms with Crippen LogP contribution in [0.1, 0.15) is 42.7 Å². The monoisotopic (exact) mass is 500 g/mol. The lowest BCUT2D eigenvalue weighted by Gasteiger charge is -2.20. The molecule has 0 amide bonds. The Morgan fingerprint density at radius 3 is 2.49 bits per heavy atom. The molecule has 35 heavy (non-hydrogen) atoms. The van der Waals surface area contributed by atoms with Crippen molar-refractivity contribution in [2.45, 2.75) is 46.5 Å². The molecule has 1 saturated heterocycles. The highest BCUT2D eigenvalue weighted by Gasteiger charge is 2.20. The van der Waals surface area contributed by atoms with Gasteiger partial charge >= 0.3 is 0 Å². The Bertz CT molecular complexity index is 1090. The number of hydrogen-bond donors (Lipinski definition) is 2. The van der Waals surface area contributed by atoms with Gasteiger partial charge in [-0.1, -0.05) is 23.2 Å². The second-order valence-electron chi connectivity index (χ2n) is 8.92. The van der Waals surface area contributed by atoms with Gasteiger partial charge in [-0.2, -0.15) is 0 Å². The van der Waals surface area contributed by atoms with Gasteiger partial charge in [-0.25, -0.2) is 9.97 Å². The quantitative estimate of drug-likeness (QED) is 0.434. The van der Waals surface area contributed by atoms with Crippen molar-refractivity contribution in [3.8, 4) is 28.4 Å². The summed E-state index contributed by atoms with van der Waals surface area (Å²) in [4.78, 5) is 11.6. The first-order chi connectivity index (χ1) is 16.8. The summed E-state index contributed by atoms with van der Waals surface area (Å²) in [7, 11) is 4.11. The highest BCUT2D eigenvalue weighted by Crippen LogP contribution is 2.35. The molecule has 3 N–H and O–H groups in total. The average Bonchev–Trinajstić information content (AvgIpc) is 3.18. The second kappa shape index (κ2) is 12.9. The number of nitrogens with zero attached hydrogens (tertiary/aromatic N) is 4. The van der Waals surface area contributed by atoms with Crippen LogP contribution in [-0.2, 0) is 0 Å². The van der Waals surface area contributed by atoms with Crippen molar-refractivity contribution in [3.05, 3.63) is 40.2 Å². The number of aromatic nitrogens is 3. The summed E-state index contributed by atoms with van der Waals surface area (Å²) in [5.41, 5.74) is 9.88. The van der Waals surface area contributed by atoms with E-state index in [0.717, 1.165) is 29.8 Å². The molecule has 0 saturated carbocycles. The van der Waals surface area contributed by atoms with Gasteiger partial charge in [-0.15, -0.1) is 0 Å². The van der Waals surface area contributed by atoms with E-state index in [1.54, 1.807) is 6.07 Å². The molecular weight excluding hydrogens is 464 g/mol. The van der Waals surface area contributed by atoms with Crippen molar-refractivity contribution < 1.29 is 9.26 Å². The fourth-order valence-corrected chi connectivity index (χ4v) is 4.18. The van der Waals surface area contributed by atoms with E-state index >= 15 is 0 Å². The zero-order valence-corrected chi connectivity index (χ0v) is 22.2. The number of piperidine rings is 1. The summed E-state index contributed by atoms with van der Waals surface area (Å²) in [6.07, 6.45) is 5.18. The molecule has 9 heteroatoms. The van der Waals surface area contributed by atoms with Crippen molar-refractivity contribution in [1.82, 2.24) is 25.3 Å². The van der Waals surface area contributed by atoms with Gasteiger partial charge in [-0.3, -0.25) is 0 Å². The highest BCUT2D eigenvalue weighted by molar-refractivity contribution is 6.33. The Morgan fingerprint density at radius 1 is 1.14 bits per heavy atom. The standard InChI is InChI=1S/C20H24ClN5O2.C6H13N/c1-11-18(17-12(2)26-28-13(17)3)24-20(25-19(11)22)15-10-14(6-7-16(15)21)27-9-5-8-23-4;1-7-5-3-2-4-6-7/h6-7,10,23H,5,8-9H2,1-4H3,(H2,22,24,25);2-6H2,1H3. The lowest BCUT2D eigenvalue weighted by atomic mass is 10.1. The maximum atomic E-state index is 6.43. The van der Waals surface area contributed by atoms with Crippen molar-refractivity contribution in [3.63, 3.8) is 0 Å². The molecule has 0 unspecified atom stereocenters. The van der Waals surface area contributed by atoms with Crippen LogP contribution < -0.4 is 15.8 Å². The number of ether oxygens (including phenoxy) is 1. The zero-order chi connectivity index (χ0) is 25.4. The summed E-state index contributed by atoms with van der Waals surface area (Å²) in [5.74, 6) is 2.20. The number of benzene rings is 1. The predicted molar refractivity (Wildman–Crippen MR) is 142 cm³/mol. The minimum Gasteiger partial charge on any atom is -0.494 e. The topological polar surface area (TPSA) is 102 Å². The van der Waals surface area contributed by atoms with Crippen LogP contribution in [0.2, 0.25) is 5.02 Å². The van der Waals surface area contributed by atoms with Crippen molar-refractivity contribution in [1.29, 1.82) is 0 Å². The van der Waals surface area contributed by atoms with Gasteiger partial charge in [0.15, 0.2) is 5.82 Å². The first-order valence-corrected chi connectivity index (χ1v) is 12.5. The Hall–Kier alpha value is -2.68. The summed E-state index contributed by atoms with van der Waals surface area (Å²) in [6, 6.07) is 5.44. The summed E-state index contributed by atoms with van der Waals surface area (Å²) in [5, 5.41) is 7.64. The minimum atomic E-state index is 0.386. The molecule has 0 atom stereocenters. The Kier molecular flexibility index (Phi) is 9.89.